The van der Waals surface area contributed by atoms with Gasteiger partial charge in [0.2, 0.25) is 0 Å². The summed E-state index contributed by atoms with van der Waals surface area (Å²) in [5.41, 5.74) is 5.84. The van der Waals surface area contributed by atoms with Gasteiger partial charge in [0.25, 0.3) is 15.9 Å². The molecule has 0 spiro atoms. The number of methoxy groups -OCH3 is 2. The molecule has 1 N–H and O–H groups in total. The molecule has 0 unspecified atom stereocenters. The van der Waals surface area contributed by atoms with E-state index in [1.807, 2.05) is 24.5 Å². The molecule has 0 radical (unpaired) electrons. The number of hydrogen-bond acceptors (Lipinski definition) is 6. The van der Waals surface area contributed by atoms with Crippen LogP contribution < -0.4 is 19.2 Å². The van der Waals surface area contributed by atoms with Crippen molar-refractivity contribution in [3.63, 3.8) is 0 Å². The van der Waals surface area contributed by atoms with Gasteiger partial charge in [-0.1, -0.05) is 41.4 Å². The number of aryl methyl sites for hydroxylation is 1. The summed E-state index contributed by atoms with van der Waals surface area (Å²) in [5.74, 6) is -0.0277. The van der Waals surface area contributed by atoms with Crippen LogP contribution in [-0.2, 0) is 14.8 Å². The first-order chi connectivity index (χ1) is 19.5. The van der Waals surface area contributed by atoms with Crippen LogP contribution in [0.1, 0.15) is 17.0 Å². The van der Waals surface area contributed by atoms with Crippen molar-refractivity contribution in [2.24, 2.45) is 5.10 Å². The van der Waals surface area contributed by atoms with Crippen molar-refractivity contribution in [1.82, 2.24) is 9.99 Å². The Morgan fingerprint density at radius 3 is 2.29 bits per heavy atom. The van der Waals surface area contributed by atoms with Gasteiger partial charge < -0.3 is 14.0 Å². The van der Waals surface area contributed by atoms with Crippen LogP contribution in [0.3, 0.4) is 0 Å². The van der Waals surface area contributed by atoms with Gasteiger partial charge in [-0.05, 0) is 62.4 Å². The summed E-state index contributed by atoms with van der Waals surface area (Å²) in [7, 11) is -1.30. The Bertz CT molecular complexity index is 1690. The van der Waals surface area contributed by atoms with E-state index in [9.17, 15) is 13.2 Å². The number of benzene rings is 3. The fourth-order valence-electron chi connectivity index (χ4n) is 4.33. The predicted molar refractivity (Wildman–Crippen MR) is 162 cm³/mol. The molecule has 0 saturated heterocycles. The van der Waals surface area contributed by atoms with E-state index in [0.29, 0.717) is 15.8 Å². The number of carbonyl (C=O) groups is 1. The van der Waals surface area contributed by atoms with Crippen molar-refractivity contribution >= 4 is 51.0 Å². The van der Waals surface area contributed by atoms with Crippen LogP contribution in [0.25, 0.3) is 5.69 Å². The molecule has 4 rings (SSSR count). The lowest BCUT2D eigenvalue weighted by atomic mass is 10.2. The fraction of sp³-hybridized carbons (Fsp3) is 0.172. The van der Waals surface area contributed by atoms with E-state index in [1.165, 1.54) is 38.6 Å². The number of aromatic nitrogens is 1. The van der Waals surface area contributed by atoms with Crippen LogP contribution in [0.5, 0.6) is 11.5 Å². The Balaban J connectivity index is 1.61. The van der Waals surface area contributed by atoms with Crippen molar-refractivity contribution in [2.45, 2.75) is 18.7 Å². The summed E-state index contributed by atoms with van der Waals surface area (Å²) in [6, 6.07) is 19.7. The molecular formula is C29H28Cl2N4O5S. The molecule has 3 aromatic carbocycles. The molecule has 0 atom stereocenters. The van der Waals surface area contributed by atoms with E-state index in [-0.39, 0.29) is 16.3 Å². The highest BCUT2D eigenvalue weighted by Crippen LogP contribution is 2.35. The lowest BCUT2D eigenvalue weighted by molar-refractivity contribution is -0.119. The van der Waals surface area contributed by atoms with Gasteiger partial charge in [0.05, 0.1) is 31.0 Å². The number of ether oxygens (including phenoxy) is 2. The highest BCUT2D eigenvalue weighted by atomic mass is 35.5. The molecule has 214 valence electrons. The molecule has 1 aromatic heterocycles. The molecule has 12 heteroatoms. The van der Waals surface area contributed by atoms with Gasteiger partial charge in [0.1, 0.15) is 18.0 Å². The first-order valence-electron chi connectivity index (χ1n) is 12.3. The maximum Gasteiger partial charge on any atom is 0.264 e. The van der Waals surface area contributed by atoms with Gasteiger partial charge in [-0.3, -0.25) is 9.10 Å². The number of sulfonamides is 1. The number of amides is 1. The summed E-state index contributed by atoms with van der Waals surface area (Å²) in [4.78, 5) is 13.1. The smallest absolute Gasteiger partial charge is 0.264 e. The second-order valence-corrected chi connectivity index (χ2v) is 11.7. The van der Waals surface area contributed by atoms with Crippen molar-refractivity contribution in [2.75, 3.05) is 25.1 Å². The van der Waals surface area contributed by atoms with Crippen LogP contribution in [0.2, 0.25) is 10.0 Å². The molecular weight excluding hydrogens is 587 g/mol. The van der Waals surface area contributed by atoms with E-state index in [1.54, 1.807) is 48.5 Å². The van der Waals surface area contributed by atoms with Crippen LogP contribution in [0, 0.1) is 13.8 Å². The Morgan fingerprint density at radius 2 is 1.66 bits per heavy atom. The molecule has 1 heterocycles. The number of hydrazone groups is 1. The molecule has 0 bridgehead atoms. The number of hydrogen-bond donors (Lipinski definition) is 1. The summed E-state index contributed by atoms with van der Waals surface area (Å²) >= 11 is 12.4. The molecule has 4 aromatic rings. The third-order valence-electron chi connectivity index (χ3n) is 6.24. The maximum atomic E-state index is 13.7. The molecule has 0 aliphatic rings. The van der Waals surface area contributed by atoms with E-state index < -0.39 is 22.5 Å². The second-order valence-electron chi connectivity index (χ2n) is 8.95. The molecule has 0 saturated carbocycles. The third-order valence-corrected chi connectivity index (χ3v) is 8.45. The summed E-state index contributed by atoms with van der Waals surface area (Å²) in [5, 5.41) is 5.11. The maximum absolute atomic E-state index is 13.7. The topological polar surface area (TPSA) is 102 Å². The fourth-order valence-corrected chi connectivity index (χ4v) is 6.29. The molecule has 0 aliphatic carbocycles. The van der Waals surface area contributed by atoms with Gasteiger partial charge >= 0.3 is 0 Å². The van der Waals surface area contributed by atoms with E-state index in [2.05, 4.69) is 10.5 Å². The van der Waals surface area contributed by atoms with E-state index in [0.717, 1.165) is 26.9 Å². The quantitative estimate of drug-likeness (QED) is 0.181. The predicted octanol–water partition coefficient (Wildman–Crippen LogP) is 5.76. The normalized spacial score (nSPS) is 11.5. The number of rotatable bonds is 10. The van der Waals surface area contributed by atoms with Crippen molar-refractivity contribution < 1.29 is 22.7 Å². The number of carbonyl (C=O) groups excluding carboxylic acids is 1. The third kappa shape index (κ3) is 6.67. The van der Waals surface area contributed by atoms with Gasteiger partial charge in [-0.15, -0.1) is 0 Å². The van der Waals surface area contributed by atoms with Crippen LogP contribution in [0.4, 0.5) is 5.69 Å². The Kier molecular flexibility index (Phi) is 9.27. The van der Waals surface area contributed by atoms with Crippen molar-refractivity contribution in [3.05, 3.63) is 99.8 Å². The van der Waals surface area contributed by atoms with E-state index >= 15 is 0 Å². The van der Waals surface area contributed by atoms with Gasteiger partial charge in [-0.2, -0.15) is 5.10 Å². The van der Waals surface area contributed by atoms with Crippen LogP contribution >= 0.6 is 23.2 Å². The Hall–Kier alpha value is -3.99. The zero-order valence-electron chi connectivity index (χ0n) is 22.8. The minimum Gasteiger partial charge on any atom is -0.497 e. The SMILES string of the molecule is COc1ccc(OC)c(N(CC(=O)N/N=C\c2cc(C)n(-c3cc(Cl)cc(Cl)c3)c2C)S(=O)(=O)c2ccccc2)c1. The van der Waals surface area contributed by atoms with Gasteiger partial charge in [0.15, 0.2) is 0 Å². The number of nitrogens with one attached hydrogen (secondary N) is 1. The van der Waals surface area contributed by atoms with Crippen molar-refractivity contribution in [1.29, 1.82) is 0 Å². The monoisotopic (exact) mass is 614 g/mol. The zero-order chi connectivity index (χ0) is 29.7. The number of nitrogens with zero attached hydrogens (tertiary/aromatic N) is 3. The highest BCUT2D eigenvalue weighted by Gasteiger charge is 2.30. The molecule has 0 aliphatic heterocycles. The summed E-state index contributed by atoms with van der Waals surface area (Å²) in [6.07, 6.45) is 1.49. The van der Waals surface area contributed by atoms with Gasteiger partial charge in [-0.25, -0.2) is 13.8 Å². The molecule has 9 nitrogen and oxygen atoms in total. The number of anilines is 1. The average molecular weight is 616 g/mol. The van der Waals surface area contributed by atoms with Crippen LogP contribution in [0.15, 0.2) is 82.8 Å². The first kappa shape index (κ1) is 30.0. The lowest BCUT2D eigenvalue weighted by Gasteiger charge is -2.25. The van der Waals surface area contributed by atoms with Gasteiger partial charge in [0, 0.05) is 38.8 Å². The highest BCUT2D eigenvalue weighted by molar-refractivity contribution is 7.92. The Morgan fingerprint density at radius 1 is 0.976 bits per heavy atom. The van der Waals surface area contributed by atoms with E-state index in [4.69, 9.17) is 32.7 Å². The summed E-state index contributed by atoms with van der Waals surface area (Å²) in [6.45, 7) is 3.25. The lowest BCUT2D eigenvalue weighted by Crippen LogP contribution is -2.39. The number of halogens is 2. The van der Waals surface area contributed by atoms with Crippen LogP contribution in [-0.4, -0.2) is 45.9 Å². The first-order valence-corrected chi connectivity index (χ1v) is 14.5. The standard InChI is InChI=1S/C29H28Cl2N4O5S/c1-19-12-21(20(2)35(19)24-14-22(30)13-23(31)15-24)17-32-33-29(36)18-34(41(37,38)26-8-6-5-7-9-26)27-16-25(39-3)10-11-28(27)40-4/h5-17H,18H2,1-4H3,(H,33,36)/b32-17-. The van der Waals surface area contributed by atoms with Crippen molar-refractivity contribution in [3.8, 4) is 17.2 Å². The molecule has 0 fully saturated rings. The largest absolute Gasteiger partial charge is 0.497 e. The second kappa shape index (κ2) is 12.7. The minimum atomic E-state index is -4.17. The molecule has 41 heavy (non-hydrogen) atoms. The summed E-state index contributed by atoms with van der Waals surface area (Å²) < 4.78 is 41.0. The zero-order valence-corrected chi connectivity index (χ0v) is 25.1. The minimum absolute atomic E-state index is 0.00901. The average Bonchev–Trinajstić information content (AvgIpc) is 3.23. The molecule has 1 amide bonds. The Labute approximate surface area is 249 Å².